The topological polar surface area (TPSA) is 93.2 Å². The first-order valence-corrected chi connectivity index (χ1v) is 13.6. The molecule has 3 aromatic rings. The highest BCUT2D eigenvalue weighted by molar-refractivity contribution is 6.30. The van der Waals surface area contributed by atoms with E-state index in [0.717, 1.165) is 4.90 Å². The average molecular weight is 567 g/mol. The predicted octanol–water partition coefficient (Wildman–Crippen LogP) is 4.49. The lowest BCUT2D eigenvalue weighted by Gasteiger charge is -2.33. The Labute approximate surface area is 240 Å². The summed E-state index contributed by atoms with van der Waals surface area (Å²) < 4.78 is 11.3. The summed E-state index contributed by atoms with van der Waals surface area (Å²) in [4.78, 5) is 58.3. The molecule has 0 spiro atoms. The first kappa shape index (κ1) is 25.3. The third kappa shape index (κ3) is 4.05. The third-order valence-electron chi connectivity index (χ3n) is 8.03. The second kappa shape index (κ2) is 9.74. The van der Waals surface area contributed by atoms with E-state index in [1.54, 1.807) is 90.0 Å². The van der Waals surface area contributed by atoms with Gasteiger partial charge in [-0.25, -0.2) is 4.90 Å². The van der Waals surface area contributed by atoms with Crippen LogP contribution in [0, 0.1) is 11.8 Å². The lowest BCUT2D eigenvalue weighted by Crippen LogP contribution is -2.46. The molecular weight excluding hydrogens is 544 g/mol. The lowest BCUT2D eigenvalue weighted by molar-refractivity contribution is -0.123. The van der Waals surface area contributed by atoms with Crippen LogP contribution in [0.25, 0.3) is 0 Å². The summed E-state index contributed by atoms with van der Waals surface area (Å²) >= 11 is 6.05. The van der Waals surface area contributed by atoms with Gasteiger partial charge in [0.25, 0.3) is 0 Å². The molecule has 4 heterocycles. The molecule has 0 N–H and O–H groups in total. The minimum atomic E-state index is -0.962. The van der Waals surface area contributed by atoms with E-state index in [9.17, 15) is 19.2 Å². The molecule has 4 aliphatic rings. The van der Waals surface area contributed by atoms with Gasteiger partial charge in [-0.15, -0.1) is 0 Å². The lowest BCUT2D eigenvalue weighted by atomic mass is 9.85. The van der Waals surface area contributed by atoms with Gasteiger partial charge in [-0.3, -0.25) is 19.2 Å². The van der Waals surface area contributed by atoms with Crippen LogP contribution in [0.15, 0.2) is 96.7 Å². The summed E-state index contributed by atoms with van der Waals surface area (Å²) in [5.74, 6) is -2.28. The summed E-state index contributed by atoms with van der Waals surface area (Å²) in [5, 5.41) is 0.477. The van der Waals surface area contributed by atoms with Crippen LogP contribution in [0.1, 0.15) is 20.7 Å². The normalized spacial score (nSPS) is 24.2. The van der Waals surface area contributed by atoms with Gasteiger partial charge >= 0.3 is 0 Å². The van der Waals surface area contributed by atoms with Crippen molar-refractivity contribution >= 4 is 40.7 Å². The number of ketones is 2. The minimum absolute atomic E-state index is 0.203. The molecule has 0 aromatic heterocycles. The molecule has 7 rings (SSSR count). The number of benzene rings is 3. The zero-order chi connectivity index (χ0) is 28.2. The summed E-state index contributed by atoms with van der Waals surface area (Å²) in [6, 6.07) is 18.6. The van der Waals surface area contributed by atoms with Crippen molar-refractivity contribution in [3.8, 4) is 11.5 Å². The SMILES string of the molecule is O=C(C1=C[C@@H]2[C@H]3C(=O)N(c4ccc5c(c4)OCCO5)C(=O)[C@H]3[C@@H](C(=O)c3ccc(Cl)cc3)N2C=C1)c1ccccc1. The molecule has 204 valence electrons. The fraction of sp³-hybridized carbons (Fsp3) is 0.188. The Morgan fingerprint density at radius 2 is 1.51 bits per heavy atom. The summed E-state index contributed by atoms with van der Waals surface area (Å²) in [7, 11) is 0. The smallest absolute Gasteiger partial charge is 0.240 e. The van der Waals surface area contributed by atoms with Gasteiger partial charge in [-0.1, -0.05) is 48.0 Å². The van der Waals surface area contributed by atoms with E-state index in [1.807, 2.05) is 6.07 Å². The molecular formula is C32H23ClN2O6. The Hall–Kier alpha value is -4.69. The maximum absolute atomic E-state index is 14.1. The standard InChI is InChI=1S/C32H23ClN2O6/c33-21-8-6-19(7-9-21)30(37)28-27-26(23-16-20(12-13-34(23)28)29(36)18-4-2-1-3-5-18)31(38)35(32(27)39)22-10-11-24-25(17-22)41-15-14-40-24/h1-13,16-17,23,26-28H,14-15H2/t23-,26-,27-,28+/m1/s1. The molecule has 2 fully saturated rings. The fourth-order valence-corrected chi connectivity index (χ4v) is 6.29. The largest absolute Gasteiger partial charge is 0.486 e. The van der Waals surface area contributed by atoms with Gasteiger partial charge in [0.05, 0.1) is 23.6 Å². The van der Waals surface area contributed by atoms with E-state index in [0.29, 0.717) is 52.1 Å². The van der Waals surface area contributed by atoms with Crippen molar-refractivity contribution in [1.82, 2.24) is 4.90 Å². The van der Waals surface area contributed by atoms with Crippen LogP contribution in [-0.4, -0.2) is 53.6 Å². The number of hydrogen-bond donors (Lipinski definition) is 0. The van der Waals surface area contributed by atoms with Crippen LogP contribution in [0.5, 0.6) is 11.5 Å². The van der Waals surface area contributed by atoms with Crippen molar-refractivity contribution in [1.29, 1.82) is 0 Å². The molecule has 2 amide bonds. The number of carbonyl (C=O) groups is 4. The molecule has 0 aliphatic carbocycles. The Balaban J connectivity index is 1.30. The van der Waals surface area contributed by atoms with Gasteiger partial charge in [-0.2, -0.15) is 0 Å². The zero-order valence-corrected chi connectivity index (χ0v) is 22.4. The van der Waals surface area contributed by atoms with Crippen molar-refractivity contribution in [3.63, 3.8) is 0 Å². The quantitative estimate of drug-likeness (QED) is 0.332. The van der Waals surface area contributed by atoms with Crippen LogP contribution in [0.2, 0.25) is 5.02 Å². The van der Waals surface area contributed by atoms with Gasteiger partial charge < -0.3 is 14.4 Å². The van der Waals surface area contributed by atoms with Crippen molar-refractivity contribution in [2.45, 2.75) is 12.1 Å². The van der Waals surface area contributed by atoms with Gasteiger partial charge in [-0.05, 0) is 42.5 Å². The molecule has 4 aliphatic heterocycles. The van der Waals surface area contributed by atoms with Gasteiger partial charge in [0, 0.05) is 34.0 Å². The van der Waals surface area contributed by atoms with Crippen molar-refractivity contribution < 1.29 is 28.7 Å². The number of carbonyl (C=O) groups excluding carboxylic acids is 4. The number of hydrogen-bond acceptors (Lipinski definition) is 7. The number of ether oxygens (including phenoxy) is 2. The second-order valence-corrected chi connectivity index (χ2v) is 10.7. The van der Waals surface area contributed by atoms with E-state index >= 15 is 0 Å². The molecule has 4 atom stereocenters. The number of amides is 2. The predicted molar refractivity (Wildman–Crippen MR) is 150 cm³/mol. The van der Waals surface area contributed by atoms with Crippen molar-refractivity contribution in [2.75, 3.05) is 18.1 Å². The number of imide groups is 1. The van der Waals surface area contributed by atoms with Crippen LogP contribution in [0.3, 0.4) is 0 Å². The molecule has 41 heavy (non-hydrogen) atoms. The number of nitrogens with zero attached hydrogens (tertiary/aromatic N) is 2. The highest BCUT2D eigenvalue weighted by Gasteiger charge is 2.63. The maximum atomic E-state index is 14.1. The Morgan fingerprint density at radius 3 is 2.27 bits per heavy atom. The molecule has 0 bridgehead atoms. The number of fused-ring (bicyclic) bond motifs is 4. The van der Waals surface area contributed by atoms with Crippen molar-refractivity contribution in [2.24, 2.45) is 11.8 Å². The van der Waals surface area contributed by atoms with Gasteiger partial charge in [0.2, 0.25) is 11.8 Å². The summed E-state index contributed by atoms with van der Waals surface area (Å²) in [6.07, 6.45) is 5.01. The Morgan fingerprint density at radius 1 is 0.805 bits per heavy atom. The number of Topliss-reactive ketones (excluding diaryl/α,β-unsaturated/α-hetero) is 2. The Kier molecular flexibility index (Phi) is 6.01. The zero-order valence-electron chi connectivity index (χ0n) is 21.6. The Bertz CT molecular complexity index is 1670. The minimum Gasteiger partial charge on any atom is -0.486 e. The van der Waals surface area contributed by atoms with Gasteiger partial charge in [0.1, 0.15) is 19.3 Å². The van der Waals surface area contributed by atoms with Crippen LogP contribution >= 0.6 is 11.6 Å². The maximum Gasteiger partial charge on any atom is 0.240 e. The monoisotopic (exact) mass is 566 g/mol. The van der Waals surface area contributed by atoms with E-state index in [2.05, 4.69) is 0 Å². The number of anilines is 1. The number of halogens is 1. The van der Waals surface area contributed by atoms with E-state index in [1.165, 1.54) is 0 Å². The molecule has 8 nitrogen and oxygen atoms in total. The van der Waals surface area contributed by atoms with Crippen LogP contribution < -0.4 is 14.4 Å². The van der Waals surface area contributed by atoms with E-state index in [-0.39, 0.29) is 11.6 Å². The van der Waals surface area contributed by atoms with E-state index in [4.69, 9.17) is 21.1 Å². The van der Waals surface area contributed by atoms with Gasteiger partial charge in [0.15, 0.2) is 23.1 Å². The third-order valence-corrected chi connectivity index (χ3v) is 8.28. The number of allylic oxidation sites excluding steroid dienone is 2. The average Bonchev–Trinajstić information content (AvgIpc) is 3.48. The van der Waals surface area contributed by atoms with Crippen LogP contribution in [0.4, 0.5) is 5.69 Å². The molecule has 0 saturated carbocycles. The second-order valence-electron chi connectivity index (χ2n) is 10.3. The first-order valence-electron chi connectivity index (χ1n) is 13.3. The first-order chi connectivity index (χ1) is 19.9. The highest BCUT2D eigenvalue weighted by atomic mass is 35.5. The molecule has 9 heteroatoms. The molecule has 2 saturated heterocycles. The van der Waals surface area contributed by atoms with Crippen LogP contribution in [-0.2, 0) is 9.59 Å². The summed E-state index contributed by atoms with van der Waals surface area (Å²) in [6.45, 7) is 0.765. The molecule has 0 unspecified atom stereocenters. The molecule has 3 aromatic carbocycles. The van der Waals surface area contributed by atoms with Crippen molar-refractivity contribution in [3.05, 3.63) is 113 Å². The fourth-order valence-electron chi connectivity index (χ4n) is 6.16. The summed E-state index contributed by atoms with van der Waals surface area (Å²) in [5.41, 5.74) is 1.62. The van der Waals surface area contributed by atoms with E-state index < -0.39 is 35.7 Å². The highest BCUT2D eigenvalue weighted by Crippen LogP contribution is 2.48. The number of rotatable bonds is 5. The molecule has 0 radical (unpaired) electrons.